The average Bonchev–Trinajstić information content (AvgIpc) is 3.21. The number of nitrogens with zero attached hydrogens (tertiary/aromatic N) is 3. The smallest absolute Gasteiger partial charge is 0.276 e. The van der Waals surface area contributed by atoms with E-state index >= 15 is 0 Å². The van der Waals surface area contributed by atoms with E-state index in [1.165, 1.54) is 21.9 Å². The Morgan fingerprint density at radius 1 is 1.44 bits per heavy atom. The lowest BCUT2D eigenvalue weighted by Crippen LogP contribution is -2.49. The number of aromatic nitrogens is 2. The third-order valence-electron chi connectivity index (χ3n) is 4.67. The SMILES string of the molecule is Cc1coc(CNC(=O)c2cn3c(c(O)c2=O)C(=O)N2[C@@H](C)CO[C@@H]2C3)n1. The van der Waals surface area contributed by atoms with E-state index in [4.69, 9.17) is 9.15 Å². The van der Waals surface area contributed by atoms with E-state index in [1.54, 1.807) is 6.92 Å². The normalized spacial score (nSPS) is 21.1. The van der Waals surface area contributed by atoms with E-state index in [9.17, 15) is 19.5 Å². The molecule has 2 aromatic heterocycles. The Bertz CT molecular complexity index is 994. The summed E-state index contributed by atoms with van der Waals surface area (Å²) < 4.78 is 12.1. The predicted molar refractivity (Wildman–Crippen MR) is 90.1 cm³/mol. The molecule has 2 N–H and O–H groups in total. The van der Waals surface area contributed by atoms with Crippen molar-refractivity contribution in [2.75, 3.05) is 6.61 Å². The van der Waals surface area contributed by atoms with Crippen molar-refractivity contribution in [3.63, 3.8) is 0 Å². The molecule has 0 unspecified atom stereocenters. The summed E-state index contributed by atoms with van der Waals surface area (Å²) in [7, 11) is 0. The third-order valence-corrected chi connectivity index (χ3v) is 4.67. The van der Waals surface area contributed by atoms with Gasteiger partial charge in [0.2, 0.25) is 11.3 Å². The highest BCUT2D eigenvalue weighted by Crippen LogP contribution is 2.29. The van der Waals surface area contributed by atoms with E-state index in [2.05, 4.69) is 10.3 Å². The Balaban J connectivity index is 1.64. The van der Waals surface area contributed by atoms with Crippen molar-refractivity contribution in [1.82, 2.24) is 19.8 Å². The monoisotopic (exact) mass is 374 g/mol. The molecule has 2 aliphatic heterocycles. The van der Waals surface area contributed by atoms with Crippen LogP contribution in [0.1, 0.15) is 39.4 Å². The largest absolute Gasteiger partial charge is 0.503 e. The van der Waals surface area contributed by atoms with Crippen LogP contribution in [0.4, 0.5) is 0 Å². The molecule has 0 aromatic carbocycles. The number of carbonyl (C=O) groups is 2. The molecule has 10 heteroatoms. The zero-order chi connectivity index (χ0) is 19.3. The van der Waals surface area contributed by atoms with Gasteiger partial charge in [0, 0.05) is 6.20 Å². The molecule has 4 heterocycles. The molecule has 2 aliphatic rings. The molecule has 142 valence electrons. The molecule has 0 aliphatic carbocycles. The van der Waals surface area contributed by atoms with Crippen LogP contribution in [0.2, 0.25) is 0 Å². The summed E-state index contributed by atoms with van der Waals surface area (Å²) in [5.41, 5.74) is -0.637. The quantitative estimate of drug-likeness (QED) is 0.773. The molecule has 1 saturated heterocycles. The summed E-state index contributed by atoms with van der Waals surface area (Å²) in [6.07, 6.45) is 2.23. The maximum atomic E-state index is 12.7. The minimum Gasteiger partial charge on any atom is -0.503 e. The number of oxazole rings is 1. The summed E-state index contributed by atoms with van der Waals surface area (Å²) in [6.45, 7) is 4.16. The first-order chi connectivity index (χ1) is 12.9. The lowest BCUT2D eigenvalue weighted by molar-refractivity contribution is 0.00624. The Hall–Kier alpha value is -3.14. The van der Waals surface area contributed by atoms with Crippen LogP contribution in [-0.4, -0.2) is 50.2 Å². The number of pyridine rings is 1. The fourth-order valence-corrected chi connectivity index (χ4v) is 3.37. The molecular weight excluding hydrogens is 356 g/mol. The minimum atomic E-state index is -0.901. The zero-order valence-electron chi connectivity index (χ0n) is 14.8. The fourth-order valence-electron chi connectivity index (χ4n) is 3.37. The number of hydrogen-bond donors (Lipinski definition) is 2. The average molecular weight is 374 g/mol. The van der Waals surface area contributed by atoms with Crippen molar-refractivity contribution < 1.29 is 23.8 Å². The van der Waals surface area contributed by atoms with Gasteiger partial charge in [-0.3, -0.25) is 14.4 Å². The second-order valence-electron chi connectivity index (χ2n) is 6.64. The van der Waals surface area contributed by atoms with Crippen LogP contribution in [0, 0.1) is 6.92 Å². The highest BCUT2D eigenvalue weighted by atomic mass is 16.5. The van der Waals surface area contributed by atoms with Crippen LogP contribution in [0.3, 0.4) is 0 Å². The van der Waals surface area contributed by atoms with Crippen molar-refractivity contribution in [3.8, 4) is 5.75 Å². The lowest BCUT2D eigenvalue weighted by atomic mass is 10.1. The number of hydrogen-bond acceptors (Lipinski definition) is 7. The standard InChI is InChI=1S/C17H18N4O6/c1-8-6-26-11(19-8)3-18-16(24)10-4-20-5-12-21(9(2)7-27-12)17(25)13(20)15(23)14(10)22/h4,6,9,12,23H,3,5,7H2,1-2H3,(H,18,24)/t9-,12+/m0/s1. The van der Waals surface area contributed by atoms with E-state index in [0.29, 0.717) is 18.2 Å². The van der Waals surface area contributed by atoms with Gasteiger partial charge in [0.1, 0.15) is 11.8 Å². The van der Waals surface area contributed by atoms with Gasteiger partial charge in [-0.1, -0.05) is 0 Å². The van der Waals surface area contributed by atoms with Gasteiger partial charge in [-0.05, 0) is 13.8 Å². The van der Waals surface area contributed by atoms with Gasteiger partial charge < -0.3 is 29.0 Å². The molecule has 2 amide bonds. The Morgan fingerprint density at radius 2 is 2.22 bits per heavy atom. The van der Waals surface area contributed by atoms with E-state index in [0.717, 1.165) is 0 Å². The number of amides is 2. The van der Waals surface area contributed by atoms with E-state index < -0.39 is 29.2 Å². The summed E-state index contributed by atoms with van der Waals surface area (Å²) in [6, 6.07) is -0.155. The van der Waals surface area contributed by atoms with Crippen LogP contribution in [0.5, 0.6) is 5.75 Å². The Kier molecular flexibility index (Phi) is 3.99. The predicted octanol–water partition coefficient (Wildman–Crippen LogP) is -0.0191. The highest BCUT2D eigenvalue weighted by Gasteiger charge is 2.42. The van der Waals surface area contributed by atoms with Gasteiger partial charge >= 0.3 is 0 Å². The third kappa shape index (κ3) is 2.78. The molecule has 0 saturated carbocycles. The topological polar surface area (TPSA) is 127 Å². The van der Waals surface area contributed by atoms with Crippen LogP contribution >= 0.6 is 0 Å². The van der Waals surface area contributed by atoms with Crippen LogP contribution in [-0.2, 0) is 17.8 Å². The van der Waals surface area contributed by atoms with E-state index in [1.807, 2.05) is 6.92 Å². The van der Waals surface area contributed by atoms with Gasteiger partial charge in [0.05, 0.1) is 31.4 Å². The zero-order valence-corrected chi connectivity index (χ0v) is 14.8. The molecular formula is C17H18N4O6. The first kappa shape index (κ1) is 17.3. The number of rotatable bonds is 3. The molecule has 0 bridgehead atoms. The van der Waals surface area contributed by atoms with Gasteiger partial charge in [-0.15, -0.1) is 0 Å². The first-order valence-electron chi connectivity index (χ1n) is 8.46. The molecule has 10 nitrogen and oxygen atoms in total. The number of carbonyl (C=O) groups excluding carboxylic acids is 2. The number of aryl methyl sites for hydroxylation is 1. The summed E-state index contributed by atoms with van der Waals surface area (Å²) in [5.74, 6) is -1.63. The van der Waals surface area contributed by atoms with Gasteiger partial charge in [0.25, 0.3) is 11.8 Å². The molecule has 2 aromatic rings. The van der Waals surface area contributed by atoms with Crippen molar-refractivity contribution in [3.05, 3.63) is 45.5 Å². The summed E-state index contributed by atoms with van der Waals surface area (Å²) in [4.78, 5) is 43.1. The van der Waals surface area contributed by atoms with Crippen molar-refractivity contribution in [1.29, 1.82) is 0 Å². The Morgan fingerprint density at radius 3 is 2.93 bits per heavy atom. The van der Waals surface area contributed by atoms with Crippen molar-refractivity contribution in [2.45, 2.75) is 39.2 Å². The van der Waals surface area contributed by atoms with Crippen LogP contribution in [0.25, 0.3) is 0 Å². The van der Waals surface area contributed by atoms with Crippen molar-refractivity contribution in [2.24, 2.45) is 0 Å². The van der Waals surface area contributed by atoms with Gasteiger partial charge in [-0.2, -0.15) is 0 Å². The molecule has 0 spiro atoms. The summed E-state index contributed by atoms with van der Waals surface area (Å²) in [5, 5.41) is 12.8. The second kappa shape index (κ2) is 6.23. The second-order valence-corrected chi connectivity index (χ2v) is 6.64. The fraction of sp³-hybridized carbons (Fsp3) is 0.412. The van der Waals surface area contributed by atoms with E-state index in [-0.39, 0.29) is 30.4 Å². The lowest BCUT2D eigenvalue weighted by Gasteiger charge is -2.33. The number of aromatic hydroxyl groups is 1. The molecule has 27 heavy (non-hydrogen) atoms. The molecule has 2 atom stereocenters. The molecule has 0 radical (unpaired) electrons. The maximum absolute atomic E-state index is 12.7. The first-order valence-corrected chi connectivity index (χ1v) is 8.46. The number of nitrogens with one attached hydrogen (secondary N) is 1. The number of ether oxygens (including phenoxy) is 1. The summed E-state index contributed by atoms with van der Waals surface area (Å²) >= 11 is 0. The maximum Gasteiger partial charge on any atom is 0.276 e. The van der Waals surface area contributed by atoms with Gasteiger partial charge in [-0.25, -0.2) is 4.98 Å². The van der Waals surface area contributed by atoms with Crippen LogP contribution in [0.15, 0.2) is 21.7 Å². The van der Waals surface area contributed by atoms with Crippen molar-refractivity contribution >= 4 is 11.8 Å². The van der Waals surface area contributed by atoms with Crippen LogP contribution < -0.4 is 10.7 Å². The minimum absolute atomic E-state index is 0.00934. The number of fused-ring (bicyclic) bond motifs is 2. The highest BCUT2D eigenvalue weighted by molar-refractivity contribution is 5.99. The molecule has 4 rings (SSSR count). The Labute approximate surface area is 153 Å². The molecule has 1 fully saturated rings. The van der Waals surface area contributed by atoms with Gasteiger partial charge in [0.15, 0.2) is 17.7 Å².